The van der Waals surface area contributed by atoms with Gasteiger partial charge in [-0.2, -0.15) is 0 Å². The van der Waals surface area contributed by atoms with Gasteiger partial charge >= 0.3 is 0 Å². The number of benzene rings is 2. The number of carbonyl (C=O) groups is 2. The van der Waals surface area contributed by atoms with Crippen LogP contribution in [0.1, 0.15) is 56.9 Å². The lowest BCUT2D eigenvalue weighted by atomic mass is 10.0. The van der Waals surface area contributed by atoms with Crippen molar-refractivity contribution in [3.05, 3.63) is 58.7 Å². The number of carbonyl (C=O) groups excluding carboxylic acids is 2. The lowest BCUT2D eigenvalue weighted by Crippen LogP contribution is -2.50. The zero-order valence-electron chi connectivity index (χ0n) is 23.5. The lowest BCUT2D eigenvalue weighted by Gasteiger charge is -2.39. The Hall–Kier alpha value is -2.12. The minimum absolute atomic E-state index is 0.0371. The molecule has 0 aromatic heterocycles. The summed E-state index contributed by atoms with van der Waals surface area (Å²) in [7, 11) is 1.60. The van der Waals surface area contributed by atoms with Gasteiger partial charge in [0.1, 0.15) is 24.2 Å². The number of anilines is 2. The van der Waals surface area contributed by atoms with Crippen molar-refractivity contribution < 1.29 is 19.1 Å². The minimum atomic E-state index is -0.734. The summed E-state index contributed by atoms with van der Waals surface area (Å²) in [5.74, 6) is -0.388. The van der Waals surface area contributed by atoms with Gasteiger partial charge in [-0.25, -0.2) is 0 Å². The second-order valence-corrected chi connectivity index (χ2v) is 9.50. The largest absolute Gasteiger partial charge is 0.361 e. The van der Waals surface area contributed by atoms with E-state index in [4.69, 9.17) is 32.7 Å². The molecule has 0 N–H and O–H groups in total. The number of nitrogens with zero attached hydrogens (tertiary/aromatic N) is 2. The highest BCUT2D eigenvalue weighted by Crippen LogP contribution is 2.32. The van der Waals surface area contributed by atoms with Gasteiger partial charge in [-0.15, -0.1) is 23.2 Å². The monoisotopic (exact) mass is 552 g/mol. The molecule has 0 unspecified atom stereocenters. The molecule has 0 fully saturated rings. The van der Waals surface area contributed by atoms with Gasteiger partial charge in [0.2, 0.25) is 11.8 Å². The Morgan fingerprint density at radius 1 is 0.838 bits per heavy atom. The van der Waals surface area contributed by atoms with E-state index in [1.807, 2.05) is 71.0 Å². The molecule has 37 heavy (non-hydrogen) atoms. The third-order valence-electron chi connectivity index (χ3n) is 6.14. The van der Waals surface area contributed by atoms with Crippen molar-refractivity contribution in [1.29, 1.82) is 0 Å². The Morgan fingerprint density at radius 2 is 1.32 bits per heavy atom. The van der Waals surface area contributed by atoms with Crippen molar-refractivity contribution >= 4 is 46.4 Å². The molecular formula is C29H42Cl2N2O4. The fraction of sp³-hybridized carbons (Fsp3) is 0.517. The molecule has 2 aromatic carbocycles. The van der Waals surface area contributed by atoms with Crippen LogP contribution in [0.2, 0.25) is 0 Å². The molecule has 0 heterocycles. The molecule has 2 aromatic rings. The lowest BCUT2D eigenvalue weighted by molar-refractivity contribution is -0.121. The summed E-state index contributed by atoms with van der Waals surface area (Å²) in [5, 5.41) is 0. The molecule has 0 radical (unpaired) electrons. The van der Waals surface area contributed by atoms with Gasteiger partial charge in [0, 0.05) is 13.7 Å². The Balaban J connectivity index is 0.000000371. The van der Waals surface area contributed by atoms with E-state index in [9.17, 15) is 9.59 Å². The maximum Gasteiger partial charge on any atom is 0.244 e. The number of aryl methyl sites for hydroxylation is 4. The summed E-state index contributed by atoms with van der Waals surface area (Å²) in [5.41, 5.74) is 5.45. The normalized spacial score (nSPS) is 11.0. The SMILES string of the molecule is CCOCN(C(=O)CCl)c1c(C)cccc1CC.CCc1cccc(C)c1N(C(=O)CCl)C(C)(C)OC. The minimum Gasteiger partial charge on any atom is -0.361 e. The number of amides is 2. The molecule has 0 spiro atoms. The van der Waals surface area contributed by atoms with Crippen LogP contribution in [0.4, 0.5) is 11.4 Å². The molecule has 0 aliphatic heterocycles. The summed E-state index contributed by atoms with van der Waals surface area (Å²) >= 11 is 11.4. The Labute approximate surface area is 232 Å². The number of methoxy groups -OCH3 is 1. The highest BCUT2D eigenvalue weighted by atomic mass is 35.5. The van der Waals surface area contributed by atoms with E-state index in [-0.39, 0.29) is 30.3 Å². The highest BCUT2D eigenvalue weighted by Gasteiger charge is 2.33. The van der Waals surface area contributed by atoms with Gasteiger partial charge in [0.25, 0.3) is 0 Å². The van der Waals surface area contributed by atoms with Crippen molar-refractivity contribution in [2.75, 3.05) is 42.0 Å². The Kier molecular flexibility index (Phi) is 14.2. The molecule has 0 bridgehead atoms. The molecule has 6 nitrogen and oxygen atoms in total. The third kappa shape index (κ3) is 8.71. The number of alkyl halides is 2. The summed E-state index contributed by atoms with van der Waals surface area (Å²) in [6.07, 6.45) is 1.72. The van der Waals surface area contributed by atoms with Gasteiger partial charge in [-0.3, -0.25) is 19.4 Å². The molecule has 8 heteroatoms. The average molecular weight is 554 g/mol. The summed E-state index contributed by atoms with van der Waals surface area (Å²) in [6, 6.07) is 12.1. The van der Waals surface area contributed by atoms with E-state index < -0.39 is 5.72 Å². The van der Waals surface area contributed by atoms with Crippen molar-refractivity contribution in [2.45, 2.75) is 67.0 Å². The Bertz CT molecular complexity index is 1030. The third-order valence-corrected chi connectivity index (χ3v) is 6.60. The number of ether oxygens (including phenoxy) is 2. The molecule has 0 saturated heterocycles. The van der Waals surface area contributed by atoms with E-state index >= 15 is 0 Å². The first-order valence-electron chi connectivity index (χ1n) is 12.6. The predicted molar refractivity (Wildman–Crippen MR) is 155 cm³/mol. The van der Waals surface area contributed by atoms with Crippen LogP contribution in [-0.4, -0.2) is 49.7 Å². The zero-order valence-corrected chi connectivity index (χ0v) is 25.0. The first-order chi connectivity index (χ1) is 17.5. The van der Waals surface area contributed by atoms with Crippen LogP contribution in [0.25, 0.3) is 0 Å². The van der Waals surface area contributed by atoms with E-state index in [1.165, 1.54) is 0 Å². The number of halogens is 2. The zero-order chi connectivity index (χ0) is 28.2. The number of hydrogen-bond donors (Lipinski definition) is 0. The second-order valence-electron chi connectivity index (χ2n) is 8.96. The van der Waals surface area contributed by atoms with E-state index in [0.717, 1.165) is 46.5 Å². The molecule has 2 rings (SSSR count). The van der Waals surface area contributed by atoms with Crippen LogP contribution in [0.15, 0.2) is 36.4 Å². The molecular weight excluding hydrogens is 511 g/mol. The maximum absolute atomic E-state index is 12.3. The van der Waals surface area contributed by atoms with Crippen molar-refractivity contribution in [3.8, 4) is 0 Å². The summed E-state index contributed by atoms with van der Waals surface area (Å²) in [6.45, 7) is 14.6. The van der Waals surface area contributed by atoms with E-state index in [0.29, 0.717) is 6.61 Å². The van der Waals surface area contributed by atoms with Crippen molar-refractivity contribution in [1.82, 2.24) is 0 Å². The summed E-state index contributed by atoms with van der Waals surface area (Å²) < 4.78 is 10.9. The second kappa shape index (κ2) is 16.0. The van der Waals surface area contributed by atoms with Crippen LogP contribution in [0, 0.1) is 13.8 Å². The number of hydrogen-bond acceptors (Lipinski definition) is 4. The topological polar surface area (TPSA) is 59.1 Å². The van der Waals surface area contributed by atoms with Crippen LogP contribution in [0.5, 0.6) is 0 Å². The van der Waals surface area contributed by atoms with Gasteiger partial charge < -0.3 is 9.47 Å². The average Bonchev–Trinajstić information content (AvgIpc) is 2.90. The van der Waals surface area contributed by atoms with Crippen molar-refractivity contribution in [3.63, 3.8) is 0 Å². The molecule has 0 saturated carbocycles. The van der Waals surface area contributed by atoms with Crippen LogP contribution in [0.3, 0.4) is 0 Å². The molecule has 0 aliphatic carbocycles. The fourth-order valence-electron chi connectivity index (χ4n) is 4.08. The number of para-hydroxylation sites is 2. The van der Waals surface area contributed by atoms with E-state index in [1.54, 1.807) is 16.9 Å². The van der Waals surface area contributed by atoms with Crippen LogP contribution in [-0.2, 0) is 31.9 Å². The number of rotatable bonds is 11. The smallest absolute Gasteiger partial charge is 0.244 e. The van der Waals surface area contributed by atoms with Crippen LogP contribution < -0.4 is 9.80 Å². The molecule has 0 aliphatic rings. The highest BCUT2D eigenvalue weighted by molar-refractivity contribution is 6.30. The first-order valence-corrected chi connectivity index (χ1v) is 13.7. The van der Waals surface area contributed by atoms with E-state index in [2.05, 4.69) is 13.8 Å². The van der Waals surface area contributed by atoms with Gasteiger partial charge in [0.15, 0.2) is 0 Å². The van der Waals surface area contributed by atoms with Gasteiger partial charge in [-0.1, -0.05) is 50.2 Å². The first kappa shape index (κ1) is 32.9. The van der Waals surface area contributed by atoms with Gasteiger partial charge in [0.05, 0.1) is 11.4 Å². The summed E-state index contributed by atoms with van der Waals surface area (Å²) in [4.78, 5) is 27.5. The van der Waals surface area contributed by atoms with Crippen molar-refractivity contribution in [2.24, 2.45) is 0 Å². The predicted octanol–water partition coefficient (Wildman–Crippen LogP) is 6.63. The molecule has 0 atom stereocenters. The standard InChI is InChI=1S/C15H22ClNO2.C14H20ClNO2/c1-6-12-9-7-8-11(2)14(12)17(13(18)10-16)15(3,4)19-5;1-4-12-8-6-7-11(3)14(12)16(10-18-5-2)13(17)9-15/h7-9H,6,10H2,1-5H3;6-8H,4-5,9-10H2,1-3H3. The van der Waals surface area contributed by atoms with Crippen LogP contribution >= 0.6 is 23.2 Å². The fourth-order valence-corrected chi connectivity index (χ4v) is 4.34. The molecule has 206 valence electrons. The van der Waals surface area contributed by atoms with Gasteiger partial charge in [-0.05, 0) is 69.7 Å². The molecule has 2 amide bonds. The quantitative estimate of drug-likeness (QED) is 0.231. The Morgan fingerprint density at radius 3 is 1.76 bits per heavy atom. The maximum atomic E-state index is 12.3.